The van der Waals surface area contributed by atoms with Crippen LogP contribution in [0.4, 0.5) is 9.59 Å². The third-order valence-corrected chi connectivity index (χ3v) is 11.5. The molecule has 4 amide bonds. The van der Waals surface area contributed by atoms with Gasteiger partial charge >= 0.3 is 24.1 Å². The number of benzene rings is 2. The Balaban J connectivity index is 1.21. The van der Waals surface area contributed by atoms with E-state index >= 15 is 0 Å². The number of likely N-dealkylation sites (tertiary alicyclic amines) is 2. The highest BCUT2D eigenvalue weighted by molar-refractivity contribution is 6.03. The maximum absolute atomic E-state index is 13.5. The van der Waals surface area contributed by atoms with Gasteiger partial charge in [0.25, 0.3) is 0 Å². The monoisotopic (exact) mass is 850 g/mol. The number of carbonyl (C=O) groups excluding carboxylic acids is 8. The second-order valence-corrected chi connectivity index (χ2v) is 16.3. The lowest BCUT2D eigenvalue weighted by Crippen LogP contribution is -2.58. The number of fused-ring (bicyclic) bond motifs is 1. The van der Waals surface area contributed by atoms with Crippen LogP contribution in [0.15, 0.2) is 36.4 Å². The molecule has 5 rings (SSSR count). The first-order valence-electron chi connectivity index (χ1n) is 20.1. The molecule has 0 saturated carbocycles. The number of hydrogen-bond acceptors (Lipinski definition) is 14. The molecule has 61 heavy (non-hydrogen) atoms. The lowest BCUT2D eigenvalue weighted by atomic mass is 9.96. The van der Waals surface area contributed by atoms with Crippen LogP contribution in [-0.2, 0) is 38.1 Å². The molecule has 2 aromatic rings. The van der Waals surface area contributed by atoms with Gasteiger partial charge in [0, 0.05) is 24.2 Å². The van der Waals surface area contributed by atoms with E-state index in [-0.39, 0.29) is 54.3 Å². The van der Waals surface area contributed by atoms with Crippen LogP contribution in [-0.4, -0.2) is 128 Å². The number of nitrogens with one attached hydrogen (secondary N) is 2. The molecule has 2 N–H and O–H groups in total. The fraction of sp³-hybridized carbons (Fsp3) is 0.535. The minimum atomic E-state index is -1.37. The Kier molecular flexibility index (Phi) is 14.3. The summed E-state index contributed by atoms with van der Waals surface area (Å²) < 4.78 is 31.7. The summed E-state index contributed by atoms with van der Waals surface area (Å²) >= 11 is 0. The lowest BCUT2D eigenvalue weighted by molar-refractivity contribution is -0.160. The van der Waals surface area contributed by atoms with E-state index in [0.717, 1.165) is 0 Å². The molecule has 2 aromatic carbocycles. The zero-order valence-corrected chi connectivity index (χ0v) is 35.7. The van der Waals surface area contributed by atoms with Crippen molar-refractivity contribution in [1.82, 2.24) is 20.4 Å². The van der Waals surface area contributed by atoms with E-state index in [2.05, 4.69) is 20.1 Å². The quantitative estimate of drug-likeness (QED) is 0.147. The van der Waals surface area contributed by atoms with E-state index in [1.165, 1.54) is 30.1 Å². The Hall–Kier alpha value is -6.20. The van der Waals surface area contributed by atoms with E-state index in [4.69, 9.17) is 18.9 Å². The van der Waals surface area contributed by atoms with Crippen molar-refractivity contribution >= 4 is 47.5 Å². The van der Waals surface area contributed by atoms with Crippen LogP contribution in [0.5, 0.6) is 11.5 Å². The number of carbonyl (C=O) groups is 8. The van der Waals surface area contributed by atoms with Crippen molar-refractivity contribution in [2.24, 2.45) is 11.8 Å². The predicted molar refractivity (Wildman–Crippen MR) is 216 cm³/mol. The molecule has 3 aliphatic rings. The SMILES string of the molecule is COC(=O)NC(C(=O)N1CCCC1(C)C(=O)OCC(=O)c1ccc(-c2ccc(C(=O)COC(=O)C3(C)CCCN3C(=O)C(NC(=O)OC)C(C)C)c3c2OCO3)cc1)C(C)C. The molecular weight excluding hydrogens is 796 g/mol. The number of methoxy groups -OCH3 is 2. The molecule has 2 saturated heterocycles. The van der Waals surface area contributed by atoms with Gasteiger partial charge in [-0.05, 0) is 69.1 Å². The maximum Gasteiger partial charge on any atom is 0.407 e. The summed E-state index contributed by atoms with van der Waals surface area (Å²) in [7, 11) is 2.38. The van der Waals surface area contributed by atoms with Gasteiger partial charge in [-0.2, -0.15) is 0 Å². The van der Waals surface area contributed by atoms with Crippen molar-refractivity contribution in [3.63, 3.8) is 0 Å². The van der Waals surface area contributed by atoms with E-state index in [1.807, 2.05) is 0 Å². The molecule has 3 aliphatic heterocycles. The van der Waals surface area contributed by atoms with Gasteiger partial charge in [0.2, 0.25) is 24.4 Å². The van der Waals surface area contributed by atoms with Gasteiger partial charge in [0.1, 0.15) is 23.2 Å². The van der Waals surface area contributed by atoms with Crippen LogP contribution >= 0.6 is 0 Å². The molecule has 0 aromatic heterocycles. The molecule has 0 spiro atoms. The van der Waals surface area contributed by atoms with Gasteiger partial charge in [0.05, 0.1) is 19.8 Å². The first kappa shape index (κ1) is 45.9. The van der Waals surface area contributed by atoms with Crippen molar-refractivity contribution in [2.45, 2.75) is 90.4 Å². The van der Waals surface area contributed by atoms with E-state index in [9.17, 15) is 38.4 Å². The van der Waals surface area contributed by atoms with E-state index < -0.39 is 83.9 Å². The average Bonchev–Trinajstić information content (AvgIpc) is 4.01. The molecule has 4 atom stereocenters. The second-order valence-electron chi connectivity index (χ2n) is 16.3. The van der Waals surface area contributed by atoms with Crippen LogP contribution in [0.2, 0.25) is 0 Å². The minimum absolute atomic E-state index is 0.111. The van der Waals surface area contributed by atoms with Crippen LogP contribution in [0, 0.1) is 11.8 Å². The fourth-order valence-electron chi connectivity index (χ4n) is 7.81. The Bertz CT molecular complexity index is 2050. The molecule has 0 radical (unpaired) electrons. The third kappa shape index (κ3) is 9.57. The van der Waals surface area contributed by atoms with Crippen LogP contribution in [0.25, 0.3) is 11.1 Å². The first-order valence-corrected chi connectivity index (χ1v) is 20.1. The molecule has 0 aliphatic carbocycles. The van der Waals surface area contributed by atoms with Crippen molar-refractivity contribution in [2.75, 3.05) is 47.3 Å². The van der Waals surface area contributed by atoms with E-state index in [1.54, 1.807) is 71.9 Å². The van der Waals surface area contributed by atoms with Crippen LogP contribution < -0.4 is 20.1 Å². The summed E-state index contributed by atoms with van der Waals surface area (Å²) in [5, 5.41) is 5.07. The summed E-state index contributed by atoms with van der Waals surface area (Å²) in [6.07, 6.45) is 0.0976. The number of nitrogens with zero attached hydrogens (tertiary/aromatic N) is 2. The summed E-state index contributed by atoms with van der Waals surface area (Å²) in [6, 6.07) is 7.71. The Morgan fingerprint density at radius 1 is 0.656 bits per heavy atom. The van der Waals surface area contributed by atoms with Crippen molar-refractivity contribution < 1.29 is 66.8 Å². The number of amides is 4. The van der Waals surface area contributed by atoms with Crippen LogP contribution in [0.1, 0.15) is 87.9 Å². The fourth-order valence-corrected chi connectivity index (χ4v) is 7.81. The van der Waals surface area contributed by atoms with Crippen LogP contribution in [0.3, 0.4) is 0 Å². The molecule has 2 fully saturated rings. The highest BCUT2D eigenvalue weighted by atomic mass is 16.7. The third-order valence-electron chi connectivity index (χ3n) is 11.5. The summed E-state index contributed by atoms with van der Waals surface area (Å²) in [4.78, 5) is 107. The number of Topliss-reactive ketones (excluding diaryl/α,β-unsaturated/α-hetero) is 2. The Morgan fingerprint density at radius 3 is 1.57 bits per heavy atom. The maximum atomic E-state index is 13.5. The number of ether oxygens (including phenoxy) is 6. The van der Waals surface area contributed by atoms with Gasteiger partial charge in [0.15, 0.2) is 30.5 Å². The zero-order chi connectivity index (χ0) is 44.8. The smallest absolute Gasteiger partial charge is 0.407 e. The van der Waals surface area contributed by atoms with Gasteiger partial charge < -0.3 is 48.9 Å². The number of esters is 2. The second kappa shape index (κ2) is 19.0. The average molecular weight is 851 g/mol. The molecule has 330 valence electrons. The van der Waals surface area contributed by atoms with Gasteiger partial charge in [-0.1, -0.05) is 52.0 Å². The Labute approximate surface area is 353 Å². The summed E-state index contributed by atoms with van der Waals surface area (Å²) in [5.41, 5.74) is -1.18. The molecule has 3 heterocycles. The van der Waals surface area contributed by atoms with Gasteiger partial charge in [-0.25, -0.2) is 19.2 Å². The number of rotatable bonds is 15. The minimum Gasteiger partial charge on any atom is -0.456 e. The molecule has 4 unspecified atom stereocenters. The van der Waals surface area contributed by atoms with Gasteiger partial charge in [-0.3, -0.25) is 19.2 Å². The molecule has 18 heteroatoms. The van der Waals surface area contributed by atoms with Gasteiger partial charge in [-0.15, -0.1) is 0 Å². The number of hydrogen-bond donors (Lipinski definition) is 2. The number of alkyl carbamates (subject to hydrolysis) is 2. The lowest BCUT2D eigenvalue weighted by Gasteiger charge is -2.36. The van der Waals surface area contributed by atoms with E-state index in [0.29, 0.717) is 36.8 Å². The molecule has 18 nitrogen and oxygen atoms in total. The predicted octanol–water partition coefficient (Wildman–Crippen LogP) is 4.06. The summed E-state index contributed by atoms with van der Waals surface area (Å²) in [6.45, 7) is 9.32. The highest BCUT2D eigenvalue weighted by Gasteiger charge is 2.50. The topological polar surface area (TPSA) is 222 Å². The normalized spacial score (nSPS) is 20.2. The molecule has 0 bridgehead atoms. The summed E-state index contributed by atoms with van der Waals surface area (Å²) in [5.74, 6) is -3.66. The highest BCUT2D eigenvalue weighted by Crippen LogP contribution is 2.44. The zero-order valence-electron chi connectivity index (χ0n) is 35.7. The van der Waals surface area contributed by atoms with Crippen molar-refractivity contribution in [3.05, 3.63) is 47.5 Å². The van der Waals surface area contributed by atoms with Crippen molar-refractivity contribution in [3.8, 4) is 22.6 Å². The standard InChI is InChI=1S/C43H54N4O14/c1-24(2)32(44-40(54)56-7)36(50)46-19-9-17-42(46,5)38(52)58-21-30(48)27-13-11-26(12-14-27)28-15-16-29(35-34(28)60-23-61-35)31(49)22-59-39(53)43(6)18-10-20-47(43)37(51)33(25(3)4)45-41(55)57-8/h11-16,24-25,32-33H,9-10,17-23H2,1-8H3,(H,44,54)(H,45,55). The largest absolute Gasteiger partial charge is 0.456 e. The van der Waals surface area contributed by atoms with Crippen molar-refractivity contribution in [1.29, 1.82) is 0 Å². The Morgan fingerprint density at radius 2 is 1.11 bits per heavy atom. The molecular formula is C43H54N4O14. The first-order chi connectivity index (χ1) is 28.9. The number of ketones is 2.